The number of aromatic nitrogens is 2. The Labute approximate surface area is 121 Å². The molecule has 5 nitrogen and oxygen atoms in total. The van der Waals surface area contributed by atoms with Crippen LogP contribution in [0.3, 0.4) is 0 Å². The maximum atomic E-state index is 12.3. The largest absolute Gasteiger partial charge is 0.350 e. The third kappa shape index (κ3) is 4.63. The maximum absolute atomic E-state index is 12.3. The van der Waals surface area contributed by atoms with Crippen molar-refractivity contribution in [2.45, 2.75) is 53.5 Å². The van der Waals surface area contributed by atoms with Crippen molar-refractivity contribution in [3.8, 4) is 0 Å². The first-order valence-electron chi connectivity index (χ1n) is 7.48. The molecule has 1 heterocycles. The predicted octanol–water partition coefficient (Wildman–Crippen LogP) is 1.96. The molecule has 0 saturated carbocycles. The Hall–Kier alpha value is -1.36. The molecule has 0 saturated heterocycles. The van der Waals surface area contributed by atoms with Crippen LogP contribution in [0, 0.1) is 5.41 Å². The third-order valence-electron chi connectivity index (χ3n) is 3.51. The number of carbonyl (C=O) groups is 1. The van der Waals surface area contributed by atoms with Crippen LogP contribution in [0.4, 0.5) is 0 Å². The molecule has 0 fully saturated rings. The van der Waals surface area contributed by atoms with Crippen molar-refractivity contribution >= 4 is 5.91 Å². The zero-order valence-electron chi connectivity index (χ0n) is 13.2. The highest BCUT2D eigenvalue weighted by Gasteiger charge is 2.20. The third-order valence-corrected chi connectivity index (χ3v) is 3.51. The minimum absolute atomic E-state index is 0.0418. The molecule has 3 N–H and O–H groups in total. The molecule has 1 rings (SSSR count). The SMILES string of the molecule is CCc1cc(C(=O)NCC(C)(C)CCCN)n(CC)n1. The monoisotopic (exact) mass is 280 g/mol. The van der Waals surface area contributed by atoms with Gasteiger partial charge in [-0.15, -0.1) is 0 Å². The quantitative estimate of drug-likeness (QED) is 0.764. The minimum Gasteiger partial charge on any atom is -0.350 e. The molecule has 1 aromatic heterocycles. The summed E-state index contributed by atoms with van der Waals surface area (Å²) in [5, 5.41) is 7.42. The number of hydrogen-bond acceptors (Lipinski definition) is 3. The predicted molar refractivity (Wildman–Crippen MR) is 81.7 cm³/mol. The number of hydrogen-bond donors (Lipinski definition) is 2. The molecule has 0 aliphatic heterocycles. The van der Waals surface area contributed by atoms with Crippen LogP contribution in [0.1, 0.15) is 56.7 Å². The molecular weight excluding hydrogens is 252 g/mol. The van der Waals surface area contributed by atoms with Gasteiger partial charge in [0.1, 0.15) is 5.69 Å². The lowest BCUT2D eigenvalue weighted by molar-refractivity contribution is 0.0923. The lowest BCUT2D eigenvalue weighted by Gasteiger charge is -2.24. The summed E-state index contributed by atoms with van der Waals surface area (Å²) >= 11 is 0. The van der Waals surface area contributed by atoms with Gasteiger partial charge in [0.25, 0.3) is 5.91 Å². The smallest absolute Gasteiger partial charge is 0.269 e. The Bertz CT molecular complexity index is 437. The Morgan fingerprint density at radius 2 is 2.15 bits per heavy atom. The van der Waals surface area contributed by atoms with E-state index in [2.05, 4.69) is 24.3 Å². The molecule has 0 bridgehead atoms. The lowest BCUT2D eigenvalue weighted by atomic mass is 9.88. The second-order valence-electron chi connectivity index (χ2n) is 5.93. The van der Waals surface area contributed by atoms with E-state index in [1.807, 2.05) is 19.9 Å². The van der Waals surface area contributed by atoms with Crippen LogP contribution in [-0.2, 0) is 13.0 Å². The van der Waals surface area contributed by atoms with Crippen LogP contribution in [0.2, 0.25) is 0 Å². The van der Waals surface area contributed by atoms with Gasteiger partial charge < -0.3 is 11.1 Å². The van der Waals surface area contributed by atoms with Crippen molar-refractivity contribution < 1.29 is 4.79 Å². The second-order valence-corrected chi connectivity index (χ2v) is 5.93. The zero-order chi connectivity index (χ0) is 15.2. The molecule has 20 heavy (non-hydrogen) atoms. The van der Waals surface area contributed by atoms with Crippen molar-refractivity contribution in [1.29, 1.82) is 0 Å². The number of rotatable bonds is 8. The Balaban J connectivity index is 2.64. The van der Waals surface area contributed by atoms with E-state index in [9.17, 15) is 4.79 Å². The molecular formula is C15H28N4O. The highest BCUT2D eigenvalue weighted by atomic mass is 16.2. The molecule has 0 radical (unpaired) electrons. The van der Waals surface area contributed by atoms with Crippen LogP contribution in [0.25, 0.3) is 0 Å². The van der Waals surface area contributed by atoms with E-state index in [4.69, 9.17) is 5.73 Å². The fourth-order valence-electron chi connectivity index (χ4n) is 2.15. The zero-order valence-corrected chi connectivity index (χ0v) is 13.2. The van der Waals surface area contributed by atoms with Crippen molar-refractivity contribution in [3.63, 3.8) is 0 Å². The molecule has 0 aromatic carbocycles. The highest BCUT2D eigenvalue weighted by Crippen LogP contribution is 2.20. The highest BCUT2D eigenvalue weighted by molar-refractivity contribution is 5.92. The van der Waals surface area contributed by atoms with Crippen LogP contribution < -0.4 is 11.1 Å². The minimum atomic E-state index is -0.0418. The average molecular weight is 280 g/mol. The average Bonchev–Trinajstić information content (AvgIpc) is 2.86. The van der Waals surface area contributed by atoms with Crippen molar-refractivity contribution in [2.75, 3.05) is 13.1 Å². The maximum Gasteiger partial charge on any atom is 0.269 e. The van der Waals surface area contributed by atoms with Gasteiger partial charge in [-0.1, -0.05) is 20.8 Å². The van der Waals surface area contributed by atoms with E-state index < -0.39 is 0 Å². The van der Waals surface area contributed by atoms with E-state index in [-0.39, 0.29) is 11.3 Å². The van der Waals surface area contributed by atoms with E-state index in [1.54, 1.807) is 4.68 Å². The van der Waals surface area contributed by atoms with Gasteiger partial charge in [-0.3, -0.25) is 9.48 Å². The Morgan fingerprint density at radius 1 is 1.45 bits per heavy atom. The number of aryl methyl sites for hydroxylation is 2. The summed E-state index contributed by atoms with van der Waals surface area (Å²) in [5.41, 5.74) is 7.22. The standard InChI is InChI=1S/C15H28N4O/c1-5-12-10-13(19(6-2)18-12)14(20)17-11-15(3,4)8-7-9-16/h10H,5-9,11,16H2,1-4H3,(H,17,20). The van der Waals surface area contributed by atoms with Crippen LogP contribution in [-0.4, -0.2) is 28.8 Å². The van der Waals surface area contributed by atoms with Gasteiger partial charge in [0.2, 0.25) is 0 Å². The number of amides is 1. The van der Waals surface area contributed by atoms with Gasteiger partial charge >= 0.3 is 0 Å². The summed E-state index contributed by atoms with van der Waals surface area (Å²) in [6, 6.07) is 1.88. The number of nitrogens with two attached hydrogens (primary N) is 1. The van der Waals surface area contributed by atoms with Crippen molar-refractivity contribution in [2.24, 2.45) is 11.1 Å². The number of nitrogens with one attached hydrogen (secondary N) is 1. The number of nitrogens with zero attached hydrogens (tertiary/aromatic N) is 2. The van der Waals surface area contributed by atoms with E-state index in [1.165, 1.54) is 0 Å². The molecule has 0 unspecified atom stereocenters. The molecule has 0 spiro atoms. The van der Waals surface area contributed by atoms with Crippen molar-refractivity contribution in [3.05, 3.63) is 17.5 Å². The Morgan fingerprint density at radius 3 is 2.70 bits per heavy atom. The Kier molecular flexibility index (Phi) is 6.20. The molecule has 114 valence electrons. The van der Waals surface area contributed by atoms with Crippen LogP contribution in [0.15, 0.2) is 6.07 Å². The molecule has 0 aliphatic carbocycles. The summed E-state index contributed by atoms with van der Waals surface area (Å²) < 4.78 is 1.76. The summed E-state index contributed by atoms with van der Waals surface area (Å²) in [7, 11) is 0. The summed E-state index contributed by atoms with van der Waals surface area (Å²) in [4.78, 5) is 12.3. The molecule has 1 aromatic rings. The first-order chi connectivity index (χ1) is 9.43. The molecule has 0 aliphatic rings. The van der Waals surface area contributed by atoms with Gasteiger partial charge in [-0.05, 0) is 44.2 Å². The van der Waals surface area contributed by atoms with Gasteiger partial charge in [0.05, 0.1) is 5.69 Å². The number of carbonyl (C=O) groups excluding carboxylic acids is 1. The first kappa shape index (κ1) is 16.7. The van der Waals surface area contributed by atoms with Gasteiger partial charge in [0.15, 0.2) is 0 Å². The fourth-order valence-corrected chi connectivity index (χ4v) is 2.15. The van der Waals surface area contributed by atoms with Gasteiger partial charge in [0, 0.05) is 13.1 Å². The molecule has 5 heteroatoms. The molecule has 0 atom stereocenters. The van der Waals surface area contributed by atoms with E-state index >= 15 is 0 Å². The van der Waals surface area contributed by atoms with E-state index in [0.717, 1.165) is 25.0 Å². The summed E-state index contributed by atoms with van der Waals surface area (Å²) in [5.74, 6) is -0.0418. The topological polar surface area (TPSA) is 72.9 Å². The van der Waals surface area contributed by atoms with Crippen LogP contribution >= 0.6 is 0 Å². The first-order valence-corrected chi connectivity index (χ1v) is 7.48. The summed E-state index contributed by atoms with van der Waals surface area (Å²) in [6.07, 6.45) is 2.84. The van der Waals surface area contributed by atoms with E-state index in [0.29, 0.717) is 25.3 Å². The normalized spacial score (nSPS) is 11.7. The fraction of sp³-hybridized carbons (Fsp3) is 0.733. The second kappa shape index (κ2) is 7.43. The lowest BCUT2D eigenvalue weighted by Crippen LogP contribution is -2.35. The van der Waals surface area contributed by atoms with Crippen LogP contribution in [0.5, 0.6) is 0 Å². The van der Waals surface area contributed by atoms with Gasteiger partial charge in [-0.2, -0.15) is 5.10 Å². The van der Waals surface area contributed by atoms with Crippen molar-refractivity contribution in [1.82, 2.24) is 15.1 Å². The molecule has 1 amide bonds. The van der Waals surface area contributed by atoms with Gasteiger partial charge in [-0.25, -0.2) is 0 Å². The summed E-state index contributed by atoms with van der Waals surface area (Å²) in [6.45, 7) is 10.4.